The Kier molecular flexibility index (Phi) is 10.7. The predicted molar refractivity (Wildman–Crippen MR) is 107 cm³/mol. The van der Waals surface area contributed by atoms with Gasteiger partial charge in [-0.05, 0) is 49.5 Å². The molecule has 1 aliphatic heterocycles. The minimum Gasteiger partial charge on any atom is -0.478 e. The van der Waals surface area contributed by atoms with E-state index in [1.54, 1.807) is 6.07 Å². The maximum absolute atomic E-state index is 13.2. The Balaban J connectivity index is 0.000000416. The van der Waals surface area contributed by atoms with Crippen molar-refractivity contribution in [3.05, 3.63) is 46.8 Å². The molecule has 1 aromatic carbocycles. The lowest BCUT2D eigenvalue weighted by atomic mass is 10.0. The van der Waals surface area contributed by atoms with Crippen LogP contribution in [0.2, 0.25) is 5.02 Å². The first-order chi connectivity index (χ1) is 13.2. The summed E-state index contributed by atoms with van der Waals surface area (Å²) in [4.78, 5) is 21.6. The lowest BCUT2D eigenvalue weighted by Crippen LogP contribution is -2.44. The number of halogens is 2. The molecule has 3 N–H and O–H groups in total. The summed E-state index contributed by atoms with van der Waals surface area (Å²) >= 11 is 5.89. The van der Waals surface area contributed by atoms with Crippen LogP contribution in [0.15, 0.2) is 30.4 Å². The van der Waals surface area contributed by atoms with E-state index < -0.39 is 11.9 Å². The molecule has 6 nitrogen and oxygen atoms in total. The second kappa shape index (κ2) is 12.5. The zero-order chi connectivity index (χ0) is 21.1. The number of nitrogens with zero attached hydrogens (tertiary/aromatic N) is 1. The highest BCUT2D eigenvalue weighted by Gasteiger charge is 2.21. The van der Waals surface area contributed by atoms with E-state index in [0.717, 1.165) is 31.7 Å². The Morgan fingerprint density at radius 1 is 1.25 bits per heavy atom. The summed E-state index contributed by atoms with van der Waals surface area (Å²) in [6.45, 7) is 8.58. The Labute approximate surface area is 170 Å². The lowest BCUT2D eigenvalue weighted by molar-refractivity contribution is -0.134. The van der Waals surface area contributed by atoms with Gasteiger partial charge in [-0.3, -0.25) is 4.90 Å². The minimum absolute atomic E-state index is 0.220. The van der Waals surface area contributed by atoms with Gasteiger partial charge in [0.25, 0.3) is 0 Å². The molecule has 0 bridgehead atoms. The van der Waals surface area contributed by atoms with Gasteiger partial charge in [0.05, 0.1) is 5.02 Å². The molecule has 8 heteroatoms. The molecule has 0 atom stereocenters. The molecule has 2 rings (SSSR count). The van der Waals surface area contributed by atoms with Crippen LogP contribution in [0.3, 0.4) is 0 Å². The van der Waals surface area contributed by atoms with E-state index in [1.165, 1.54) is 18.9 Å². The van der Waals surface area contributed by atoms with Crippen LogP contribution >= 0.6 is 11.6 Å². The van der Waals surface area contributed by atoms with Crippen molar-refractivity contribution in [2.45, 2.75) is 39.3 Å². The number of carbonyl (C=O) groups is 2. The lowest BCUT2D eigenvalue weighted by Gasteiger charge is -2.36. The van der Waals surface area contributed by atoms with Crippen LogP contribution in [-0.4, -0.2) is 52.7 Å². The van der Waals surface area contributed by atoms with Gasteiger partial charge < -0.3 is 15.5 Å². The molecule has 0 radical (unpaired) electrons. The molecule has 28 heavy (non-hydrogen) atoms. The topological polar surface area (TPSA) is 89.9 Å². The number of hydrogen-bond donors (Lipinski definition) is 3. The summed E-state index contributed by atoms with van der Waals surface area (Å²) in [5, 5.41) is 19.3. The summed E-state index contributed by atoms with van der Waals surface area (Å²) < 4.78 is 13.2. The quantitative estimate of drug-likeness (QED) is 0.592. The predicted octanol–water partition coefficient (Wildman–Crippen LogP) is 3.40. The first-order valence-corrected chi connectivity index (χ1v) is 9.59. The van der Waals surface area contributed by atoms with E-state index in [-0.39, 0.29) is 10.8 Å². The van der Waals surface area contributed by atoms with Crippen molar-refractivity contribution < 1.29 is 24.2 Å². The maximum Gasteiger partial charge on any atom is 0.328 e. The summed E-state index contributed by atoms with van der Waals surface area (Å²) in [5.41, 5.74) is 1.09. The number of piperidine rings is 1. The highest BCUT2D eigenvalue weighted by atomic mass is 35.5. The van der Waals surface area contributed by atoms with E-state index in [1.807, 2.05) is 6.07 Å². The molecule has 1 aliphatic rings. The number of carboxylic acid groups (broad SMARTS) is 2. The number of hydrogen-bond acceptors (Lipinski definition) is 4. The molecular weight excluding hydrogens is 387 g/mol. The molecular formula is C20H28ClFN2O4. The molecule has 1 aromatic rings. The Bertz CT molecular complexity index is 660. The molecule has 0 aromatic heterocycles. The average Bonchev–Trinajstić information content (AvgIpc) is 2.63. The molecule has 1 fully saturated rings. The number of aliphatic carboxylic acids is 2. The second-order valence-electron chi connectivity index (χ2n) is 7.06. The first-order valence-electron chi connectivity index (χ1n) is 9.21. The Morgan fingerprint density at radius 3 is 2.29 bits per heavy atom. The van der Waals surface area contributed by atoms with Crippen molar-refractivity contribution in [1.29, 1.82) is 0 Å². The normalized spacial score (nSPS) is 14.9. The first kappa shape index (κ1) is 24.1. The fourth-order valence-corrected chi connectivity index (χ4v) is 3.20. The van der Waals surface area contributed by atoms with Crippen molar-refractivity contribution in [2.24, 2.45) is 5.92 Å². The van der Waals surface area contributed by atoms with Crippen molar-refractivity contribution in [2.75, 3.05) is 19.6 Å². The van der Waals surface area contributed by atoms with Crippen molar-refractivity contribution in [1.82, 2.24) is 10.2 Å². The standard InChI is InChI=1S/C16H24ClFN2.C4H4O4/c1-12(2)10-20(14-5-7-19-8-6-14)11-13-3-4-16(18)15(17)9-13;5-3(6)1-2-4(7)8/h3-4,9,12,14,19H,5-8,10-11H2,1-2H3;1-2H,(H,5,6)(H,7,8). The number of nitrogens with one attached hydrogen (secondary N) is 1. The number of benzene rings is 1. The van der Waals surface area contributed by atoms with Crippen LogP contribution in [0, 0.1) is 11.7 Å². The van der Waals surface area contributed by atoms with Gasteiger partial charge in [-0.15, -0.1) is 0 Å². The zero-order valence-corrected chi connectivity index (χ0v) is 17.0. The molecule has 0 saturated carbocycles. The molecule has 1 heterocycles. The van der Waals surface area contributed by atoms with E-state index in [2.05, 4.69) is 24.1 Å². The van der Waals surface area contributed by atoms with Gasteiger partial charge in [0.1, 0.15) is 5.82 Å². The number of rotatable bonds is 7. The van der Waals surface area contributed by atoms with E-state index in [0.29, 0.717) is 24.1 Å². The van der Waals surface area contributed by atoms with Crippen molar-refractivity contribution >= 4 is 23.5 Å². The van der Waals surface area contributed by atoms with Gasteiger partial charge in [0.2, 0.25) is 0 Å². The van der Waals surface area contributed by atoms with Gasteiger partial charge in [0, 0.05) is 31.3 Å². The molecule has 156 valence electrons. The summed E-state index contributed by atoms with van der Waals surface area (Å²) in [6, 6.07) is 5.68. The molecule has 1 saturated heterocycles. The Hall–Kier alpha value is -1.96. The molecule has 0 amide bonds. The van der Waals surface area contributed by atoms with E-state index in [4.69, 9.17) is 21.8 Å². The van der Waals surface area contributed by atoms with Crippen LogP contribution in [-0.2, 0) is 16.1 Å². The minimum atomic E-state index is -1.26. The zero-order valence-electron chi connectivity index (χ0n) is 16.2. The van der Waals surface area contributed by atoms with Crippen molar-refractivity contribution in [3.8, 4) is 0 Å². The van der Waals surface area contributed by atoms with Gasteiger partial charge in [-0.2, -0.15) is 0 Å². The van der Waals surface area contributed by atoms with Gasteiger partial charge >= 0.3 is 11.9 Å². The van der Waals surface area contributed by atoms with Crippen LogP contribution in [0.1, 0.15) is 32.3 Å². The average molecular weight is 415 g/mol. The van der Waals surface area contributed by atoms with Gasteiger partial charge in [-0.25, -0.2) is 14.0 Å². The Morgan fingerprint density at radius 2 is 1.82 bits per heavy atom. The monoisotopic (exact) mass is 414 g/mol. The fourth-order valence-electron chi connectivity index (χ4n) is 3.00. The van der Waals surface area contributed by atoms with Crippen molar-refractivity contribution in [3.63, 3.8) is 0 Å². The fraction of sp³-hybridized carbons (Fsp3) is 0.500. The largest absolute Gasteiger partial charge is 0.478 e. The van der Waals surface area contributed by atoms with Gasteiger partial charge in [-0.1, -0.05) is 31.5 Å². The van der Waals surface area contributed by atoms with Crippen LogP contribution < -0.4 is 5.32 Å². The van der Waals surface area contributed by atoms with Crippen LogP contribution in [0.4, 0.5) is 4.39 Å². The molecule has 0 aliphatic carbocycles. The smallest absolute Gasteiger partial charge is 0.328 e. The maximum atomic E-state index is 13.2. The van der Waals surface area contributed by atoms with E-state index >= 15 is 0 Å². The van der Waals surface area contributed by atoms with Crippen LogP contribution in [0.25, 0.3) is 0 Å². The third kappa shape index (κ3) is 9.82. The highest BCUT2D eigenvalue weighted by molar-refractivity contribution is 6.30. The molecule has 0 spiro atoms. The van der Waals surface area contributed by atoms with Crippen LogP contribution in [0.5, 0.6) is 0 Å². The summed E-state index contributed by atoms with van der Waals surface area (Å²) in [6.07, 6.45) is 3.48. The highest BCUT2D eigenvalue weighted by Crippen LogP contribution is 2.21. The summed E-state index contributed by atoms with van der Waals surface area (Å²) in [7, 11) is 0. The SMILES string of the molecule is CC(C)CN(Cc1ccc(F)c(Cl)c1)C1CCNCC1.O=C(O)C=CC(=O)O. The second-order valence-corrected chi connectivity index (χ2v) is 7.47. The number of carboxylic acids is 2. The van der Waals surface area contributed by atoms with Gasteiger partial charge in [0.15, 0.2) is 0 Å². The molecule has 0 unspecified atom stereocenters. The third-order valence-corrected chi connectivity index (χ3v) is 4.45. The summed E-state index contributed by atoms with van der Waals surface area (Å²) in [5.74, 6) is -2.23. The van der Waals surface area contributed by atoms with E-state index in [9.17, 15) is 14.0 Å². The third-order valence-electron chi connectivity index (χ3n) is 4.16.